The van der Waals surface area contributed by atoms with Gasteiger partial charge >= 0.3 is 0 Å². The van der Waals surface area contributed by atoms with Crippen molar-refractivity contribution in [2.75, 3.05) is 5.73 Å². The maximum absolute atomic E-state index is 12.6. The molecule has 5 nitrogen and oxygen atoms in total. The number of pyridine rings is 2. The summed E-state index contributed by atoms with van der Waals surface area (Å²) in [7, 11) is 0. The summed E-state index contributed by atoms with van der Waals surface area (Å²) in [5.41, 5.74) is 9.27. The third-order valence-corrected chi connectivity index (χ3v) is 5.66. The molecule has 7 heteroatoms. The third kappa shape index (κ3) is 3.49. The van der Waals surface area contributed by atoms with E-state index in [2.05, 4.69) is 15.3 Å². The van der Waals surface area contributed by atoms with E-state index in [1.54, 1.807) is 18.5 Å². The predicted molar refractivity (Wildman–Crippen MR) is 110 cm³/mol. The van der Waals surface area contributed by atoms with E-state index < -0.39 is 0 Å². The molecule has 27 heavy (non-hydrogen) atoms. The van der Waals surface area contributed by atoms with Crippen LogP contribution in [0.3, 0.4) is 0 Å². The van der Waals surface area contributed by atoms with Gasteiger partial charge in [0.05, 0.1) is 11.4 Å². The summed E-state index contributed by atoms with van der Waals surface area (Å²) in [6.07, 6.45) is 3.44. The number of benzene rings is 1. The summed E-state index contributed by atoms with van der Waals surface area (Å²) in [6, 6.07) is 15.0. The highest BCUT2D eigenvalue weighted by molar-refractivity contribution is 7.21. The van der Waals surface area contributed by atoms with Gasteiger partial charge in [0.15, 0.2) is 0 Å². The van der Waals surface area contributed by atoms with Gasteiger partial charge in [-0.3, -0.25) is 9.78 Å². The molecule has 0 aliphatic rings. The summed E-state index contributed by atoms with van der Waals surface area (Å²) in [4.78, 5) is 22.5. The zero-order valence-corrected chi connectivity index (χ0v) is 15.7. The number of carbonyl (C=O) groups excluding carboxylic acids is 1. The van der Waals surface area contributed by atoms with Crippen molar-refractivity contribution in [3.05, 3.63) is 76.4 Å². The maximum atomic E-state index is 12.6. The Kier molecular flexibility index (Phi) is 4.75. The van der Waals surface area contributed by atoms with E-state index >= 15 is 0 Å². The van der Waals surface area contributed by atoms with Crippen LogP contribution < -0.4 is 11.1 Å². The average molecular weight is 395 g/mol. The fraction of sp³-hybridized carbons (Fsp3) is 0.0500. The van der Waals surface area contributed by atoms with Gasteiger partial charge in [-0.15, -0.1) is 11.3 Å². The molecule has 0 spiro atoms. The van der Waals surface area contributed by atoms with Crippen molar-refractivity contribution in [3.63, 3.8) is 0 Å². The molecule has 0 bridgehead atoms. The Hall–Kier alpha value is -2.96. The van der Waals surface area contributed by atoms with Gasteiger partial charge in [0.25, 0.3) is 5.91 Å². The first kappa shape index (κ1) is 17.5. The summed E-state index contributed by atoms with van der Waals surface area (Å²) >= 11 is 7.42. The molecule has 1 amide bonds. The second-order valence-corrected chi connectivity index (χ2v) is 7.31. The van der Waals surface area contributed by atoms with Crippen molar-refractivity contribution >= 4 is 44.7 Å². The zero-order valence-electron chi connectivity index (χ0n) is 14.1. The van der Waals surface area contributed by atoms with Gasteiger partial charge in [-0.1, -0.05) is 29.8 Å². The highest BCUT2D eigenvalue weighted by Crippen LogP contribution is 2.34. The Morgan fingerprint density at radius 2 is 1.89 bits per heavy atom. The number of rotatable bonds is 4. The Morgan fingerprint density at radius 1 is 1.11 bits per heavy atom. The minimum absolute atomic E-state index is 0.235. The summed E-state index contributed by atoms with van der Waals surface area (Å²) in [6.45, 7) is 0.335. The van der Waals surface area contributed by atoms with Crippen LogP contribution in [-0.4, -0.2) is 15.9 Å². The normalized spacial score (nSPS) is 10.9. The summed E-state index contributed by atoms with van der Waals surface area (Å²) < 4.78 is 0. The van der Waals surface area contributed by atoms with Crippen LogP contribution in [0.15, 0.2) is 60.9 Å². The lowest BCUT2D eigenvalue weighted by Crippen LogP contribution is -2.22. The van der Waals surface area contributed by atoms with Crippen LogP contribution in [0.2, 0.25) is 5.02 Å². The van der Waals surface area contributed by atoms with Crippen molar-refractivity contribution in [1.82, 2.24) is 15.3 Å². The number of amides is 1. The molecule has 0 atom stereocenters. The number of hydrogen-bond donors (Lipinski definition) is 2. The van der Waals surface area contributed by atoms with Crippen LogP contribution in [0.5, 0.6) is 0 Å². The van der Waals surface area contributed by atoms with Gasteiger partial charge < -0.3 is 11.1 Å². The molecule has 0 aliphatic heterocycles. The molecule has 4 aromatic rings. The second kappa shape index (κ2) is 7.34. The Morgan fingerprint density at radius 3 is 2.67 bits per heavy atom. The zero-order chi connectivity index (χ0) is 18.8. The molecule has 0 aliphatic carbocycles. The first-order chi connectivity index (χ1) is 13.1. The van der Waals surface area contributed by atoms with Crippen LogP contribution in [-0.2, 0) is 6.54 Å². The monoisotopic (exact) mass is 394 g/mol. The lowest BCUT2D eigenvalue weighted by atomic mass is 10.1. The van der Waals surface area contributed by atoms with Crippen molar-refractivity contribution in [3.8, 4) is 11.3 Å². The quantitative estimate of drug-likeness (QED) is 0.533. The van der Waals surface area contributed by atoms with Gasteiger partial charge in [0.1, 0.15) is 9.71 Å². The number of nitrogens with two attached hydrogens (primary N) is 1. The van der Waals surface area contributed by atoms with Gasteiger partial charge in [-0.25, -0.2) is 4.98 Å². The Balaban J connectivity index is 1.61. The standard InChI is InChI=1S/C20H15ClN4OS/c21-15-4-2-1-3-13(15)11-24-19(26)18-17(22)14-5-6-16(25-20(14)27-18)12-7-9-23-10-8-12/h1-10H,11,22H2,(H,24,26). The van der Waals surface area contributed by atoms with E-state index in [0.717, 1.165) is 27.0 Å². The molecule has 1 aromatic carbocycles. The number of hydrogen-bond acceptors (Lipinski definition) is 5. The first-order valence-electron chi connectivity index (χ1n) is 8.24. The van der Waals surface area contributed by atoms with E-state index in [1.165, 1.54) is 11.3 Å². The number of thiophene rings is 1. The Labute approximate surface area is 164 Å². The molecule has 0 saturated heterocycles. The molecule has 3 heterocycles. The van der Waals surface area contributed by atoms with E-state index in [0.29, 0.717) is 22.1 Å². The van der Waals surface area contributed by atoms with Crippen LogP contribution in [0.4, 0.5) is 5.69 Å². The Bertz CT molecular complexity index is 1130. The number of aromatic nitrogens is 2. The van der Waals surface area contributed by atoms with Crippen molar-refractivity contribution in [2.45, 2.75) is 6.54 Å². The van der Waals surface area contributed by atoms with E-state index in [9.17, 15) is 4.79 Å². The molecule has 3 N–H and O–H groups in total. The number of nitrogens with zero attached hydrogens (tertiary/aromatic N) is 2. The smallest absolute Gasteiger partial charge is 0.263 e. The van der Waals surface area contributed by atoms with Crippen molar-refractivity contribution in [2.24, 2.45) is 0 Å². The van der Waals surface area contributed by atoms with Crippen molar-refractivity contribution < 1.29 is 4.79 Å². The fourth-order valence-corrected chi connectivity index (χ4v) is 3.96. The van der Waals surface area contributed by atoms with Crippen LogP contribution in [0.25, 0.3) is 21.5 Å². The third-order valence-electron chi connectivity index (χ3n) is 4.17. The molecular weight excluding hydrogens is 380 g/mol. The fourth-order valence-electron chi connectivity index (χ4n) is 2.75. The number of anilines is 1. The van der Waals surface area contributed by atoms with Gasteiger partial charge in [0, 0.05) is 34.9 Å². The molecule has 0 radical (unpaired) electrons. The highest BCUT2D eigenvalue weighted by Gasteiger charge is 2.18. The molecule has 134 valence electrons. The molecular formula is C20H15ClN4OS. The van der Waals surface area contributed by atoms with E-state index in [1.807, 2.05) is 42.5 Å². The molecule has 0 unspecified atom stereocenters. The number of carbonyl (C=O) groups is 1. The number of fused-ring (bicyclic) bond motifs is 1. The molecule has 4 rings (SSSR count). The maximum Gasteiger partial charge on any atom is 0.263 e. The molecule has 0 saturated carbocycles. The minimum atomic E-state index is -0.235. The molecule has 3 aromatic heterocycles. The van der Waals surface area contributed by atoms with Crippen molar-refractivity contribution in [1.29, 1.82) is 0 Å². The van der Waals surface area contributed by atoms with Crippen LogP contribution in [0.1, 0.15) is 15.2 Å². The minimum Gasteiger partial charge on any atom is -0.397 e. The van der Waals surface area contributed by atoms with Gasteiger partial charge in [0.2, 0.25) is 0 Å². The lowest BCUT2D eigenvalue weighted by Gasteiger charge is -2.06. The lowest BCUT2D eigenvalue weighted by molar-refractivity contribution is 0.0956. The number of nitrogen functional groups attached to an aromatic ring is 1. The van der Waals surface area contributed by atoms with Gasteiger partial charge in [-0.2, -0.15) is 0 Å². The first-order valence-corrected chi connectivity index (χ1v) is 9.44. The summed E-state index contributed by atoms with van der Waals surface area (Å²) in [5.74, 6) is -0.235. The second-order valence-electron chi connectivity index (χ2n) is 5.90. The average Bonchev–Trinajstić information content (AvgIpc) is 3.04. The van der Waals surface area contributed by atoms with E-state index in [-0.39, 0.29) is 5.91 Å². The molecule has 0 fully saturated rings. The van der Waals surface area contributed by atoms with Crippen LogP contribution >= 0.6 is 22.9 Å². The number of halogens is 1. The predicted octanol–water partition coefficient (Wildman–Crippen LogP) is 4.52. The SMILES string of the molecule is Nc1c(C(=O)NCc2ccccc2Cl)sc2nc(-c3ccncc3)ccc12. The largest absolute Gasteiger partial charge is 0.397 e. The van der Waals surface area contributed by atoms with Gasteiger partial charge in [-0.05, 0) is 35.9 Å². The highest BCUT2D eigenvalue weighted by atomic mass is 35.5. The summed E-state index contributed by atoms with van der Waals surface area (Å²) in [5, 5.41) is 4.27. The van der Waals surface area contributed by atoms with Crippen LogP contribution in [0, 0.1) is 0 Å². The topological polar surface area (TPSA) is 80.9 Å². The number of nitrogens with one attached hydrogen (secondary N) is 1. The van der Waals surface area contributed by atoms with E-state index in [4.69, 9.17) is 17.3 Å².